The van der Waals surface area contributed by atoms with Gasteiger partial charge in [-0.3, -0.25) is 9.78 Å². The van der Waals surface area contributed by atoms with Gasteiger partial charge in [-0.25, -0.2) is 0 Å². The first kappa shape index (κ1) is 21.0. The third-order valence-electron chi connectivity index (χ3n) is 6.76. The molecule has 1 aliphatic heterocycles. The van der Waals surface area contributed by atoms with Crippen molar-refractivity contribution in [2.75, 3.05) is 26.8 Å². The highest BCUT2D eigenvalue weighted by molar-refractivity contribution is 5.76. The van der Waals surface area contributed by atoms with Gasteiger partial charge in [0, 0.05) is 45.6 Å². The summed E-state index contributed by atoms with van der Waals surface area (Å²) in [6.45, 7) is 2.04. The van der Waals surface area contributed by atoms with E-state index in [-0.39, 0.29) is 11.3 Å². The molecule has 1 aliphatic carbocycles. The van der Waals surface area contributed by atoms with Gasteiger partial charge in [0.15, 0.2) is 5.82 Å². The van der Waals surface area contributed by atoms with E-state index in [0.717, 1.165) is 43.7 Å². The van der Waals surface area contributed by atoms with E-state index < -0.39 is 0 Å². The van der Waals surface area contributed by atoms with Gasteiger partial charge in [0.2, 0.25) is 5.91 Å². The molecule has 30 heavy (non-hydrogen) atoms. The first-order valence-electron chi connectivity index (χ1n) is 11.2. The van der Waals surface area contributed by atoms with Crippen LogP contribution in [-0.4, -0.2) is 52.7 Å². The molecule has 162 valence electrons. The Kier molecular flexibility index (Phi) is 6.77. The molecule has 0 radical (unpaired) electrons. The molecule has 7 nitrogen and oxygen atoms in total. The summed E-state index contributed by atoms with van der Waals surface area (Å²) in [5.74, 6) is 2.14. The fourth-order valence-electron chi connectivity index (χ4n) is 4.97. The molecule has 7 heteroatoms. The number of ether oxygens (including phenoxy) is 1. The van der Waals surface area contributed by atoms with Crippen LogP contribution in [0.4, 0.5) is 0 Å². The Morgan fingerprint density at radius 2 is 2.20 bits per heavy atom. The largest absolute Gasteiger partial charge is 0.385 e. The summed E-state index contributed by atoms with van der Waals surface area (Å²) in [5.41, 5.74) is 0.472. The third kappa shape index (κ3) is 4.72. The van der Waals surface area contributed by atoms with Gasteiger partial charge < -0.3 is 14.2 Å². The van der Waals surface area contributed by atoms with Crippen LogP contribution in [0.25, 0.3) is 11.5 Å². The summed E-state index contributed by atoms with van der Waals surface area (Å²) in [4.78, 5) is 23.9. The number of piperidine rings is 1. The molecular formula is C23H32N4O3. The second-order valence-corrected chi connectivity index (χ2v) is 8.80. The molecule has 1 saturated carbocycles. The molecule has 2 aromatic heterocycles. The molecule has 1 saturated heterocycles. The van der Waals surface area contributed by atoms with Crippen LogP contribution in [0.5, 0.6) is 0 Å². The number of methoxy groups -OCH3 is 1. The van der Waals surface area contributed by atoms with Crippen molar-refractivity contribution < 1.29 is 14.1 Å². The molecular weight excluding hydrogens is 380 g/mol. The number of nitrogens with zero attached hydrogens (tertiary/aromatic N) is 4. The Bertz CT molecular complexity index is 819. The van der Waals surface area contributed by atoms with Gasteiger partial charge in [-0.2, -0.15) is 4.98 Å². The van der Waals surface area contributed by atoms with Gasteiger partial charge in [-0.05, 0) is 43.7 Å². The Hall–Kier alpha value is -2.28. The van der Waals surface area contributed by atoms with Gasteiger partial charge in [0.05, 0.1) is 11.0 Å². The number of likely N-dealkylation sites (tertiary alicyclic amines) is 1. The molecule has 1 atom stereocenters. The van der Waals surface area contributed by atoms with E-state index in [2.05, 4.69) is 10.1 Å². The maximum Gasteiger partial charge on any atom is 0.259 e. The van der Waals surface area contributed by atoms with Gasteiger partial charge >= 0.3 is 0 Å². The van der Waals surface area contributed by atoms with Crippen LogP contribution in [0, 0.1) is 5.92 Å². The molecule has 0 N–H and O–H groups in total. The van der Waals surface area contributed by atoms with Gasteiger partial charge in [-0.15, -0.1) is 0 Å². The van der Waals surface area contributed by atoms with Crippen molar-refractivity contribution in [2.24, 2.45) is 5.92 Å². The third-order valence-corrected chi connectivity index (χ3v) is 6.76. The maximum absolute atomic E-state index is 13.0. The SMILES string of the molecule is COCCC1(c2noc(-c3cccnc3)n2)CCCN(C(=O)CCC2CCCC2)C1. The highest BCUT2D eigenvalue weighted by Gasteiger charge is 2.42. The number of hydrogen-bond donors (Lipinski definition) is 0. The van der Waals surface area contributed by atoms with E-state index in [1.165, 1.54) is 25.7 Å². The van der Waals surface area contributed by atoms with E-state index in [0.29, 0.717) is 31.3 Å². The van der Waals surface area contributed by atoms with Crippen molar-refractivity contribution in [3.05, 3.63) is 30.4 Å². The minimum Gasteiger partial charge on any atom is -0.385 e. The zero-order valence-corrected chi connectivity index (χ0v) is 17.9. The standard InChI is InChI=1S/C23H32N4O3/c1-29-15-12-23(22-25-21(30-26-22)19-8-4-13-24-16-19)11-5-14-27(17-23)20(28)10-9-18-6-2-3-7-18/h4,8,13,16,18H,2-3,5-7,9-12,14-15,17H2,1H3. The Labute approximate surface area is 178 Å². The zero-order valence-electron chi connectivity index (χ0n) is 17.9. The minimum atomic E-state index is -0.332. The lowest BCUT2D eigenvalue weighted by atomic mass is 9.76. The van der Waals surface area contributed by atoms with E-state index in [4.69, 9.17) is 14.2 Å². The number of rotatable bonds is 8. The first-order valence-corrected chi connectivity index (χ1v) is 11.2. The minimum absolute atomic E-state index is 0.263. The second-order valence-electron chi connectivity index (χ2n) is 8.80. The number of pyridine rings is 1. The number of carbonyl (C=O) groups excluding carboxylic acids is 1. The number of aromatic nitrogens is 3. The Balaban J connectivity index is 1.49. The predicted octanol–water partition coefficient (Wildman–Crippen LogP) is 4.00. The van der Waals surface area contributed by atoms with E-state index in [9.17, 15) is 4.79 Å². The van der Waals surface area contributed by atoms with E-state index in [1.807, 2.05) is 17.0 Å². The molecule has 0 aromatic carbocycles. The molecule has 2 aromatic rings. The average Bonchev–Trinajstić information content (AvgIpc) is 3.49. The van der Waals surface area contributed by atoms with Crippen LogP contribution in [0.15, 0.2) is 29.0 Å². The highest BCUT2D eigenvalue weighted by atomic mass is 16.5. The topological polar surface area (TPSA) is 81.3 Å². The van der Waals surface area contributed by atoms with Crippen LogP contribution >= 0.6 is 0 Å². The van der Waals surface area contributed by atoms with Crippen molar-refractivity contribution >= 4 is 5.91 Å². The summed E-state index contributed by atoms with van der Waals surface area (Å²) in [6.07, 6.45) is 12.9. The lowest BCUT2D eigenvalue weighted by Gasteiger charge is -2.41. The van der Waals surface area contributed by atoms with Crippen molar-refractivity contribution in [3.8, 4) is 11.5 Å². The molecule has 4 rings (SSSR count). The molecule has 3 heterocycles. The highest BCUT2D eigenvalue weighted by Crippen LogP contribution is 2.37. The summed E-state index contributed by atoms with van der Waals surface area (Å²) >= 11 is 0. The smallest absolute Gasteiger partial charge is 0.259 e. The van der Waals surface area contributed by atoms with Crippen molar-refractivity contribution in [1.82, 2.24) is 20.0 Å². The van der Waals surface area contributed by atoms with Crippen molar-refractivity contribution in [3.63, 3.8) is 0 Å². The maximum atomic E-state index is 13.0. The van der Waals surface area contributed by atoms with Crippen LogP contribution in [0.3, 0.4) is 0 Å². The van der Waals surface area contributed by atoms with Crippen LogP contribution in [-0.2, 0) is 14.9 Å². The van der Waals surface area contributed by atoms with Crippen LogP contribution < -0.4 is 0 Å². The van der Waals surface area contributed by atoms with Gasteiger partial charge in [-0.1, -0.05) is 30.8 Å². The number of hydrogen-bond acceptors (Lipinski definition) is 6. The Morgan fingerprint density at radius 3 is 2.97 bits per heavy atom. The average molecular weight is 413 g/mol. The molecule has 1 unspecified atom stereocenters. The lowest BCUT2D eigenvalue weighted by Crippen LogP contribution is -2.49. The van der Waals surface area contributed by atoms with Gasteiger partial charge in [0.25, 0.3) is 5.89 Å². The monoisotopic (exact) mass is 412 g/mol. The lowest BCUT2D eigenvalue weighted by molar-refractivity contribution is -0.134. The summed E-state index contributed by atoms with van der Waals surface area (Å²) in [5, 5.41) is 4.34. The first-order chi connectivity index (χ1) is 14.7. The Morgan fingerprint density at radius 1 is 1.33 bits per heavy atom. The fraction of sp³-hybridized carbons (Fsp3) is 0.652. The van der Waals surface area contributed by atoms with Crippen LogP contribution in [0.1, 0.15) is 63.6 Å². The summed E-state index contributed by atoms with van der Waals surface area (Å²) in [6, 6.07) is 3.76. The fourth-order valence-corrected chi connectivity index (χ4v) is 4.97. The zero-order chi connectivity index (χ0) is 20.8. The van der Waals surface area contributed by atoms with Crippen molar-refractivity contribution in [1.29, 1.82) is 0 Å². The van der Waals surface area contributed by atoms with Gasteiger partial charge in [0.1, 0.15) is 0 Å². The molecule has 2 aliphatic rings. The van der Waals surface area contributed by atoms with Crippen molar-refractivity contribution in [2.45, 2.75) is 63.2 Å². The molecule has 2 fully saturated rings. The van der Waals surface area contributed by atoms with Crippen LogP contribution in [0.2, 0.25) is 0 Å². The summed E-state index contributed by atoms with van der Waals surface area (Å²) < 4.78 is 11.0. The quantitative estimate of drug-likeness (QED) is 0.652. The van der Waals surface area contributed by atoms with E-state index >= 15 is 0 Å². The number of amides is 1. The predicted molar refractivity (Wildman–Crippen MR) is 113 cm³/mol. The second kappa shape index (κ2) is 9.69. The molecule has 1 amide bonds. The summed E-state index contributed by atoms with van der Waals surface area (Å²) in [7, 11) is 1.71. The molecule has 0 bridgehead atoms. The van der Waals surface area contributed by atoms with E-state index in [1.54, 1.807) is 19.5 Å². The number of carbonyl (C=O) groups is 1. The molecule has 0 spiro atoms. The normalized spacial score (nSPS) is 22.5.